The molecule has 1 fully saturated rings. The first kappa shape index (κ1) is 22.6. The SMILES string of the molecule is COc1ccc(Cl)cc1N1C(=O)/C(=C/c2sccc2C)N=C1SCC(=O)N1CCCC1=O. The van der Waals surface area contributed by atoms with Crippen molar-refractivity contribution in [1.82, 2.24) is 4.90 Å². The van der Waals surface area contributed by atoms with Crippen molar-refractivity contribution in [2.45, 2.75) is 19.8 Å². The Hall–Kier alpha value is -2.62. The minimum absolute atomic E-state index is 0.0114. The molecular formula is C22H20ClN3O4S2. The number of aryl methyl sites for hydroxylation is 1. The highest BCUT2D eigenvalue weighted by molar-refractivity contribution is 8.14. The first-order valence-electron chi connectivity index (χ1n) is 9.87. The Morgan fingerprint density at radius 2 is 2.16 bits per heavy atom. The van der Waals surface area contributed by atoms with Gasteiger partial charge in [0.2, 0.25) is 11.8 Å². The fourth-order valence-corrected chi connectivity index (χ4v) is 5.32. The first-order chi connectivity index (χ1) is 15.4. The summed E-state index contributed by atoms with van der Waals surface area (Å²) in [6.07, 6.45) is 2.80. The van der Waals surface area contributed by atoms with Gasteiger partial charge < -0.3 is 4.74 Å². The Balaban J connectivity index is 1.68. The maximum absolute atomic E-state index is 13.4. The lowest BCUT2D eigenvalue weighted by Crippen LogP contribution is -2.35. The molecule has 0 atom stereocenters. The van der Waals surface area contributed by atoms with Gasteiger partial charge in [-0.3, -0.25) is 19.3 Å². The summed E-state index contributed by atoms with van der Waals surface area (Å²) >= 11 is 8.82. The smallest absolute Gasteiger partial charge is 0.283 e. The van der Waals surface area contributed by atoms with Crippen molar-refractivity contribution in [3.05, 3.63) is 50.8 Å². The van der Waals surface area contributed by atoms with Gasteiger partial charge in [0.25, 0.3) is 5.91 Å². The second-order valence-corrected chi connectivity index (χ2v) is 9.51. The molecule has 4 rings (SSSR count). The molecule has 3 heterocycles. The molecule has 2 aromatic rings. The van der Waals surface area contributed by atoms with Crippen molar-refractivity contribution < 1.29 is 19.1 Å². The third-order valence-corrected chi connectivity index (χ3v) is 7.20. The van der Waals surface area contributed by atoms with Gasteiger partial charge in [-0.1, -0.05) is 23.4 Å². The van der Waals surface area contributed by atoms with Gasteiger partial charge in [0, 0.05) is 22.9 Å². The van der Waals surface area contributed by atoms with Gasteiger partial charge in [-0.15, -0.1) is 11.3 Å². The van der Waals surface area contributed by atoms with Gasteiger partial charge in [0.15, 0.2) is 5.17 Å². The predicted molar refractivity (Wildman–Crippen MR) is 128 cm³/mol. The number of ether oxygens (including phenoxy) is 1. The third kappa shape index (κ3) is 4.46. The van der Waals surface area contributed by atoms with E-state index in [0.717, 1.165) is 22.2 Å². The van der Waals surface area contributed by atoms with Crippen LogP contribution in [0.2, 0.25) is 5.02 Å². The lowest BCUT2D eigenvalue weighted by molar-refractivity contribution is -0.140. The van der Waals surface area contributed by atoms with Crippen LogP contribution in [0.5, 0.6) is 5.75 Å². The Morgan fingerprint density at radius 1 is 1.34 bits per heavy atom. The Morgan fingerprint density at radius 3 is 2.81 bits per heavy atom. The zero-order chi connectivity index (χ0) is 22.8. The zero-order valence-electron chi connectivity index (χ0n) is 17.5. The number of thiophene rings is 1. The topological polar surface area (TPSA) is 79.3 Å². The molecule has 10 heteroatoms. The molecule has 0 bridgehead atoms. The summed E-state index contributed by atoms with van der Waals surface area (Å²) in [6, 6.07) is 6.94. The number of nitrogens with zero attached hydrogens (tertiary/aromatic N) is 3. The van der Waals surface area contributed by atoms with E-state index in [1.165, 1.54) is 28.2 Å². The Labute approximate surface area is 198 Å². The van der Waals surface area contributed by atoms with Crippen LogP contribution >= 0.6 is 34.7 Å². The van der Waals surface area contributed by atoms with Crippen LogP contribution in [0.4, 0.5) is 5.69 Å². The van der Waals surface area contributed by atoms with E-state index in [-0.39, 0.29) is 29.2 Å². The standard InChI is InChI=1S/C22H20ClN3O4S2/c1-13-7-9-31-18(13)11-15-21(29)26(16-10-14(23)5-6-17(16)30-2)22(24-15)32-12-20(28)25-8-3-4-19(25)27/h5-7,9-11H,3-4,8,12H2,1-2H3/b15-11-. The number of anilines is 1. The predicted octanol–water partition coefficient (Wildman–Crippen LogP) is 4.34. The lowest BCUT2D eigenvalue weighted by atomic mass is 10.2. The van der Waals surface area contributed by atoms with Crippen LogP contribution in [0.1, 0.15) is 23.3 Å². The number of likely N-dealkylation sites (tertiary alicyclic amines) is 1. The quantitative estimate of drug-likeness (QED) is 0.583. The summed E-state index contributed by atoms with van der Waals surface area (Å²) in [4.78, 5) is 46.0. The normalized spacial score (nSPS) is 17.5. The molecule has 0 N–H and O–H groups in total. The average Bonchev–Trinajstić information content (AvgIpc) is 3.46. The fourth-order valence-electron chi connectivity index (χ4n) is 3.42. The van der Waals surface area contributed by atoms with Crippen LogP contribution < -0.4 is 9.64 Å². The summed E-state index contributed by atoms with van der Waals surface area (Å²) in [5.41, 5.74) is 1.73. The van der Waals surface area contributed by atoms with Crippen molar-refractivity contribution in [2.24, 2.45) is 4.99 Å². The number of rotatable bonds is 5. The average molecular weight is 490 g/mol. The minimum Gasteiger partial charge on any atom is -0.495 e. The molecule has 32 heavy (non-hydrogen) atoms. The second-order valence-electron chi connectivity index (χ2n) is 7.18. The van der Waals surface area contributed by atoms with Crippen LogP contribution in [0, 0.1) is 6.92 Å². The monoisotopic (exact) mass is 489 g/mol. The highest BCUT2D eigenvalue weighted by atomic mass is 35.5. The van der Waals surface area contributed by atoms with Crippen LogP contribution in [-0.4, -0.2) is 47.2 Å². The van der Waals surface area contributed by atoms with Crippen molar-refractivity contribution in [2.75, 3.05) is 24.3 Å². The summed E-state index contributed by atoms with van der Waals surface area (Å²) in [7, 11) is 1.51. The summed E-state index contributed by atoms with van der Waals surface area (Å²) < 4.78 is 5.44. The number of halogens is 1. The molecule has 0 unspecified atom stereocenters. The van der Waals surface area contributed by atoms with Crippen LogP contribution in [-0.2, 0) is 14.4 Å². The molecule has 3 amide bonds. The number of benzene rings is 1. The largest absolute Gasteiger partial charge is 0.495 e. The van der Waals surface area contributed by atoms with Gasteiger partial charge in [-0.25, -0.2) is 9.89 Å². The van der Waals surface area contributed by atoms with Crippen molar-refractivity contribution >= 4 is 69.4 Å². The summed E-state index contributed by atoms with van der Waals surface area (Å²) in [6.45, 7) is 2.39. The van der Waals surface area contributed by atoms with Gasteiger partial charge in [-0.2, -0.15) is 0 Å². The van der Waals surface area contributed by atoms with Crippen molar-refractivity contribution in [1.29, 1.82) is 0 Å². The van der Waals surface area contributed by atoms with Crippen LogP contribution in [0.15, 0.2) is 40.3 Å². The number of amides is 3. The number of imide groups is 1. The maximum Gasteiger partial charge on any atom is 0.283 e. The van der Waals surface area contributed by atoms with E-state index in [1.807, 2.05) is 18.4 Å². The molecule has 0 radical (unpaired) electrons. The van der Waals surface area contributed by atoms with Crippen molar-refractivity contribution in [3.8, 4) is 5.75 Å². The highest BCUT2D eigenvalue weighted by Gasteiger charge is 2.35. The zero-order valence-corrected chi connectivity index (χ0v) is 19.9. The van der Waals surface area contributed by atoms with Gasteiger partial charge in [0.1, 0.15) is 11.4 Å². The third-order valence-electron chi connectivity index (χ3n) is 5.08. The van der Waals surface area contributed by atoms with E-state index in [9.17, 15) is 14.4 Å². The van der Waals surface area contributed by atoms with E-state index in [1.54, 1.807) is 24.3 Å². The molecule has 1 saturated heterocycles. The molecule has 2 aliphatic rings. The number of amidine groups is 1. The molecule has 0 saturated carbocycles. The maximum atomic E-state index is 13.4. The molecular weight excluding hydrogens is 470 g/mol. The molecule has 1 aromatic carbocycles. The number of hydrogen-bond acceptors (Lipinski definition) is 7. The van der Waals surface area contributed by atoms with Crippen LogP contribution in [0.25, 0.3) is 6.08 Å². The van der Waals surface area contributed by atoms with Crippen LogP contribution in [0.3, 0.4) is 0 Å². The van der Waals surface area contributed by atoms with E-state index in [4.69, 9.17) is 16.3 Å². The number of hydrogen-bond donors (Lipinski definition) is 0. The van der Waals surface area contributed by atoms with E-state index in [2.05, 4.69) is 4.99 Å². The van der Waals surface area contributed by atoms with Crippen molar-refractivity contribution in [3.63, 3.8) is 0 Å². The van der Waals surface area contributed by atoms with E-state index < -0.39 is 0 Å². The summed E-state index contributed by atoms with van der Waals surface area (Å²) in [5.74, 6) is -0.363. The second kappa shape index (κ2) is 9.48. The first-order valence-corrected chi connectivity index (χ1v) is 12.1. The number of aliphatic imine (C=N–C) groups is 1. The van der Waals surface area contributed by atoms with E-state index >= 15 is 0 Å². The highest BCUT2D eigenvalue weighted by Crippen LogP contribution is 2.37. The molecule has 0 spiro atoms. The molecule has 2 aliphatic heterocycles. The number of methoxy groups -OCH3 is 1. The number of carbonyl (C=O) groups is 3. The Bertz CT molecular complexity index is 1160. The van der Waals surface area contributed by atoms with Gasteiger partial charge >= 0.3 is 0 Å². The molecule has 7 nitrogen and oxygen atoms in total. The molecule has 0 aliphatic carbocycles. The molecule has 166 valence electrons. The fraction of sp³-hybridized carbons (Fsp3) is 0.273. The van der Waals surface area contributed by atoms with Gasteiger partial charge in [-0.05, 0) is 54.6 Å². The van der Waals surface area contributed by atoms with E-state index in [0.29, 0.717) is 41.0 Å². The Kier molecular flexibility index (Phi) is 6.68. The number of carbonyl (C=O) groups excluding carboxylic acids is 3. The lowest BCUT2D eigenvalue weighted by Gasteiger charge is -2.21. The molecule has 1 aromatic heterocycles. The van der Waals surface area contributed by atoms with Gasteiger partial charge in [0.05, 0.1) is 18.6 Å². The minimum atomic E-state index is -0.342. The summed E-state index contributed by atoms with van der Waals surface area (Å²) in [5, 5.41) is 2.71. The number of thioether (sulfide) groups is 1.